The van der Waals surface area contributed by atoms with E-state index < -0.39 is 6.04 Å². The summed E-state index contributed by atoms with van der Waals surface area (Å²) in [7, 11) is 0. The minimum Gasteiger partial charge on any atom is -0.370 e. The first-order chi connectivity index (χ1) is 19.9. The molecular formula is C32H40N8O. The van der Waals surface area contributed by atoms with Crippen molar-refractivity contribution in [2.75, 3.05) is 19.6 Å². The molecule has 4 aromatic rings. The van der Waals surface area contributed by atoms with Gasteiger partial charge in [0.05, 0.1) is 12.4 Å². The predicted molar refractivity (Wildman–Crippen MR) is 164 cm³/mol. The third-order valence-electron chi connectivity index (χ3n) is 7.95. The fourth-order valence-electron chi connectivity index (χ4n) is 5.71. The average molecular weight is 553 g/mol. The molecule has 9 nitrogen and oxygen atoms in total. The molecule has 1 aliphatic heterocycles. The number of benzene rings is 3. The molecule has 1 saturated heterocycles. The first-order valence-corrected chi connectivity index (χ1v) is 14.3. The van der Waals surface area contributed by atoms with E-state index in [0.717, 1.165) is 42.6 Å². The van der Waals surface area contributed by atoms with Crippen molar-refractivity contribution in [1.82, 2.24) is 19.4 Å². The lowest BCUT2D eigenvalue weighted by atomic mass is 9.98. The number of rotatable bonds is 10. The smallest absolute Gasteiger partial charge is 0.240 e. The number of hydrogen-bond donors (Lipinski definition) is 3. The summed E-state index contributed by atoms with van der Waals surface area (Å²) in [5, 5.41) is 2.33. The molecule has 0 aliphatic carbocycles. The molecule has 1 amide bonds. The van der Waals surface area contributed by atoms with Crippen molar-refractivity contribution >= 4 is 22.6 Å². The molecule has 41 heavy (non-hydrogen) atoms. The second-order valence-electron chi connectivity index (χ2n) is 11.0. The van der Waals surface area contributed by atoms with Gasteiger partial charge in [-0.05, 0) is 60.2 Å². The zero-order valence-electron chi connectivity index (χ0n) is 23.6. The third kappa shape index (κ3) is 7.11. The van der Waals surface area contributed by atoms with Crippen molar-refractivity contribution in [3.05, 3.63) is 96.6 Å². The number of nitrogens with zero attached hydrogens (tertiary/aromatic N) is 5. The zero-order chi connectivity index (χ0) is 28.8. The Morgan fingerprint density at radius 1 is 1.02 bits per heavy atom. The summed E-state index contributed by atoms with van der Waals surface area (Å²) in [6.07, 6.45) is 7.59. The quantitative estimate of drug-likeness (QED) is 0.157. The molecule has 2 heterocycles. The fraction of sp³-hybridized carbons (Fsp3) is 0.344. The summed E-state index contributed by atoms with van der Waals surface area (Å²) >= 11 is 0. The van der Waals surface area contributed by atoms with Gasteiger partial charge in [-0.25, -0.2) is 4.98 Å². The van der Waals surface area contributed by atoms with Gasteiger partial charge in [0.25, 0.3) is 0 Å². The second-order valence-corrected chi connectivity index (χ2v) is 11.0. The van der Waals surface area contributed by atoms with Gasteiger partial charge < -0.3 is 26.7 Å². The summed E-state index contributed by atoms with van der Waals surface area (Å²) in [6, 6.07) is 22.7. The number of amides is 1. The van der Waals surface area contributed by atoms with Crippen LogP contribution >= 0.6 is 0 Å². The topological polar surface area (TPSA) is 132 Å². The number of hydrogen-bond acceptors (Lipinski definition) is 5. The fourth-order valence-corrected chi connectivity index (χ4v) is 5.71. The summed E-state index contributed by atoms with van der Waals surface area (Å²) in [5.74, 6) is 0.0922. The highest BCUT2D eigenvalue weighted by molar-refractivity contribution is 5.85. The molecule has 6 N–H and O–H groups in total. The maximum atomic E-state index is 13.8. The molecule has 1 aliphatic rings. The summed E-state index contributed by atoms with van der Waals surface area (Å²) in [6.45, 7) is 4.92. The highest BCUT2D eigenvalue weighted by atomic mass is 16.2. The Hall–Kier alpha value is -4.21. The average Bonchev–Trinajstić information content (AvgIpc) is 3.52. The summed E-state index contributed by atoms with van der Waals surface area (Å²) in [5.41, 5.74) is 21.0. The lowest BCUT2D eigenvalue weighted by Crippen LogP contribution is -2.61. The van der Waals surface area contributed by atoms with Gasteiger partial charge in [-0.2, -0.15) is 0 Å². The first kappa shape index (κ1) is 28.3. The van der Waals surface area contributed by atoms with Gasteiger partial charge in [0, 0.05) is 56.3 Å². The van der Waals surface area contributed by atoms with E-state index in [1.165, 1.54) is 10.9 Å². The molecule has 3 atom stereocenters. The van der Waals surface area contributed by atoms with E-state index in [2.05, 4.69) is 76.4 Å². The van der Waals surface area contributed by atoms with Crippen molar-refractivity contribution in [3.63, 3.8) is 0 Å². The van der Waals surface area contributed by atoms with Gasteiger partial charge in [0.1, 0.15) is 0 Å². The SMILES string of the molecule is C[C@@H]1CN(C(=O)[C@H](N)Cc2ccc3ccccc3c2)[C@@H](CCCN=C(N)N)CN1Cc1ccc(-n2ccnc2)cc1. The van der Waals surface area contributed by atoms with Crippen molar-refractivity contribution in [2.24, 2.45) is 22.2 Å². The maximum Gasteiger partial charge on any atom is 0.240 e. The Morgan fingerprint density at radius 2 is 1.78 bits per heavy atom. The number of aromatic nitrogens is 2. The maximum absolute atomic E-state index is 13.8. The van der Waals surface area contributed by atoms with E-state index in [1.54, 1.807) is 12.5 Å². The molecule has 0 unspecified atom stereocenters. The Kier molecular flexibility index (Phi) is 8.96. The highest BCUT2D eigenvalue weighted by Crippen LogP contribution is 2.24. The Bertz CT molecular complexity index is 1460. The number of carbonyl (C=O) groups excluding carboxylic acids is 1. The Balaban J connectivity index is 1.27. The van der Waals surface area contributed by atoms with Crippen molar-refractivity contribution in [2.45, 2.75) is 50.9 Å². The largest absolute Gasteiger partial charge is 0.370 e. The minimum absolute atomic E-state index is 0.00110. The zero-order valence-corrected chi connectivity index (χ0v) is 23.6. The number of nitrogens with two attached hydrogens (primary N) is 3. The molecule has 9 heteroatoms. The monoisotopic (exact) mass is 552 g/mol. The lowest BCUT2D eigenvalue weighted by Gasteiger charge is -2.46. The minimum atomic E-state index is -0.606. The van der Waals surface area contributed by atoms with Crippen LogP contribution in [0.3, 0.4) is 0 Å². The van der Waals surface area contributed by atoms with E-state index in [-0.39, 0.29) is 24.0 Å². The van der Waals surface area contributed by atoms with Gasteiger partial charge in [-0.15, -0.1) is 0 Å². The van der Waals surface area contributed by atoms with Crippen LogP contribution in [0, 0.1) is 0 Å². The van der Waals surface area contributed by atoms with Gasteiger partial charge in [0.15, 0.2) is 5.96 Å². The molecule has 5 rings (SSSR count). The van der Waals surface area contributed by atoms with Crippen LogP contribution in [-0.2, 0) is 17.8 Å². The number of carbonyl (C=O) groups is 1. The summed E-state index contributed by atoms with van der Waals surface area (Å²) in [4.78, 5) is 26.5. The van der Waals surface area contributed by atoms with E-state index in [9.17, 15) is 4.79 Å². The van der Waals surface area contributed by atoms with Crippen molar-refractivity contribution in [1.29, 1.82) is 0 Å². The van der Waals surface area contributed by atoms with Crippen LogP contribution in [0.1, 0.15) is 30.9 Å². The van der Waals surface area contributed by atoms with Gasteiger partial charge in [-0.3, -0.25) is 14.7 Å². The molecule has 0 bridgehead atoms. The van der Waals surface area contributed by atoms with Crippen LogP contribution in [0.15, 0.2) is 90.4 Å². The van der Waals surface area contributed by atoms with Crippen LogP contribution < -0.4 is 17.2 Å². The third-order valence-corrected chi connectivity index (χ3v) is 7.95. The van der Waals surface area contributed by atoms with E-state index in [4.69, 9.17) is 17.2 Å². The normalized spacial score (nSPS) is 18.3. The standard InChI is InChI=1S/C32H40N8O/c1-23-19-40(31(41)30(33)18-25-8-11-26-5-2-3-6-27(26)17-25)29(7-4-14-37-32(34)35)21-39(23)20-24-9-12-28(13-10-24)38-16-15-36-22-38/h2-3,5-6,8-13,15-17,22-23,29-30H,4,7,14,18-21,33H2,1H3,(H4,34,35,37)/t23-,29+,30-/m1/s1. The molecule has 0 saturated carbocycles. The van der Waals surface area contributed by atoms with Gasteiger partial charge in [0.2, 0.25) is 5.91 Å². The first-order valence-electron chi connectivity index (χ1n) is 14.3. The Labute approximate surface area is 241 Å². The molecular weight excluding hydrogens is 512 g/mol. The van der Waals surface area contributed by atoms with Crippen LogP contribution in [-0.4, -0.2) is 69.0 Å². The number of guanidine groups is 1. The molecule has 1 aromatic heterocycles. The van der Waals surface area contributed by atoms with E-state index in [1.807, 2.05) is 27.8 Å². The molecule has 0 radical (unpaired) electrons. The van der Waals surface area contributed by atoms with Crippen LogP contribution in [0.5, 0.6) is 0 Å². The number of aliphatic imine (C=N–C) groups is 1. The van der Waals surface area contributed by atoms with Crippen LogP contribution in [0.4, 0.5) is 0 Å². The lowest BCUT2D eigenvalue weighted by molar-refractivity contribution is -0.139. The van der Waals surface area contributed by atoms with Gasteiger partial charge >= 0.3 is 0 Å². The molecule has 0 spiro atoms. The number of piperazine rings is 1. The van der Waals surface area contributed by atoms with E-state index >= 15 is 0 Å². The second kappa shape index (κ2) is 13.0. The van der Waals surface area contributed by atoms with E-state index in [0.29, 0.717) is 19.5 Å². The van der Waals surface area contributed by atoms with Crippen LogP contribution in [0.2, 0.25) is 0 Å². The predicted octanol–water partition coefficient (Wildman–Crippen LogP) is 3.05. The number of fused-ring (bicyclic) bond motifs is 1. The van der Waals surface area contributed by atoms with Crippen molar-refractivity contribution in [3.8, 4) is 5.69 Å². The Morgan fingerprint density at radius 3 is 2.51 bits per heavy atom. The number of imidazole rings is 1. The van der Waals surface area contributed by atoms with Crippen LogP contribution in [0.25, 0.3) is 16.5 Å². The molecule has 3 aromatic carbocycles. The highest BCUT2D eigenvalue weighted by Gasteiger charge is 2.36. The van der Waals surface area contributed by atoms with Gasteiger partial charge in [-0.1, -0.05) is 54.6 Å². The molecule has 214 valence electrons. The molecule has 1 fully saturated rings. The van der Waals surface area contributed by atoms with Crippen molar-refractivity contribution < 1.29 is 4.79 Å². The summed E-state index contributed by atoms with van der Waals surface area (Å²) < 4.78 is 1.99.